The SMILES string of the molecule is CCN(Cc1ccccc1)c1ccnc(C(=O)Nc2ccc(F)cc2)c1. The predicted octanol–water partition coefficient (Wildman–Crippen LogP) is 4.50. The fraction of sp³-hybridized carbons (Fsp3) is 0.143. The molecule has 3 rings (SSSR count). The summed E-state index contributed by atoms with van der Waals surface area (Å²) in [5, 5.41) is 2.73. The van der Waals surface area contributed by atoms with Gasteiger partial charge in [-0.2, -0.15) is 0 Å². The average molecular weight is 349 g/mol. The third-order valence-electron chi connectivity index (χ3n) is 4.04. The Morgan fingerprint density at radius 1 is 1.08 bits per heavy atom. The first-order chi connectivity index (χ1) is 12.7. The molecular weight excluding hydrogens is 329 g/mol. The lowest BCUT2D eigenvalue weighted by Crippen LogP contribution is -2.23. The van der Waals surface area contributed by atoms with E-state index in [1.54, 1.807) is 12.3 Å². The van der Waals surface area contributed by atoms with Crippen LogP contribution >= 0.6 is 0 Å². The molecule has 0 unspecified atom stereocenters. The molecule has 132 valence electrons. The van der Waals surface area contributed by atoms with Crippen LogP contribution in [-0.4, -0.2) is 17.4 Å². The fourth-order valence-corrected chi connectivity index (χ4v) is 2.66. The summed E-state index contributed by atoms with van der Waals surface area (Å²) in [7, 11) is 0. The first kappa shape index (κ1) is 17.6. The molecule has 4 nitrogen and oxygen atoms in total. The Bertz CT molecular complexity index is 866. The Hall–Kier alpha value is -3.21. The second kappa shape index (κ2) is 8.25. The molecule has 1 N–H and O–H groups in total. The molecule has 0 aliphatic heterocycles. The first-order valence-electron chi connectivity index (χ1n) is 8.47. The number of nitrogens with one attached hydrogen (secondary N) is 1. The number of carbonyl (C=O) groups is 1. The van der Waals surface area contributed by atoms with E-state index in [9.17, 15) is 9.18 Å². The van der Waals surface area contributed by atoms with Gasteiger partial charge in [-0.3, -0.25) is 9.78 Å². The van der Waals surface area contributed by atoms with Crippen molar-refractivity contribution in [3.8, 4) is 0 Å². The molecule has 0 radical (unpaired) electrons. The van der Waals surface area contributed by atoms with Crippen LogP contribution in [0.5, 0.6) is 0 Å². The molecule has 0 bridgehead atoms. The molecule has 0 atom stereocenters. The average Bonchev–Trinajstić information content (AvgIpc) is 2.69. The predicted molar refractivity (Wildman–Crippen MR) is 102 cm³/mol. The quantitative estimate of drug-likeness (QED) is 0.713. The van der Waals surface area contributed by atoms with Crippen molar-refractivity contribution in [1.29, 1.82) is 0 Å². The van der Waals surface area contributed by atoms with Gasteiger partial charge >= 0.3 is 0 Å². The van der Waals surface area contributed by atoms with Crippen LogP contribution in [0.2, 0.25) is 0 Å². The molecule has 1 heterocycles. The number of anilines is 2. The molecule has 0 spiro atoms. The number of aromatic nitrogens is 1. The highest BCUT2D eigenvalue weighted by atomic mass is 19.1. The summed E-state index contributed by atoms with van der Waals surface area (Å²) in [6, 6.07) is 19.5. The molecule has 26 heavy (non-hydrogen) atoms. The fourth-order valence-electron chi connectivity index (χ4n) is 2.66. The Morgan fingerprint density at radius 3 is 2.50 bits per heavy atom. The summed E-state index contributed by atoms with van der Waals surface area (Å²) in [4.78, 5) is 18.8. The number of nitrogens with zero attached hydrogens (tertiary/aromatic N) is 2. The van der Waals surface area contributed by atoms with Crippen molar-refractivity contribution >= 4 is 17.3 Å². The topological polar surface area (TPSA) is 45.2 Å². The van der Waals surface area contributed by atoms with Crippen molar-refractivity contribution in [3.63, 3.8) is 0 Å². The van der Waals surface area contributed by atoms with Crippen LogP contribution in [0.15, 0.2) is 72.9 Å². The molecule has 3 aromatic rings. The summed E-state index contributed by atoms with van der Waals surface area (Å²) in [5.41, 5.74) is 2.97. The lowest BCUT2D eigenvalue weighted by atomic mass is 10.2. The number of hydrogen-bond donors (Lipinski definition) is 1. The molecule has 0 saturated heterocycles. The normalized spacial score (nSPS) is 10.4. The van der Waals surface area contributed by atoms with E-state index in [2.05, 4.69) is 34.3 Å². The van der Waals surface area contributed by atoms with Crippen molar-refractivity contribution in [1.82, 2.24) is 4.98 Å². The van der Waals surface area contributed by atoms with Gasteiger partial charge < -0.3 is 10.2 Å². The number of halogens is 1. The van der Waals surface area contributed by atoms with E-state index in [0.717, 1.165) is 18.8 Å². The summed E-state index contributed by atoms with van der Waals surface area (Å²) in [6.45, 7) is 3.62. The van der Waals surface area contributed by atoms with Crippen molar-refractivity contribution in [2.45, 2.75) is 13.5 Å². The highest BCUT2D eigenvalue weighted by Gasteiger charge is 2.12. The standard InChI is InChI=1S/C21H20FN3O/c1-2-25(15-16-6-4-3-5-7-16)19-12-13-23-20(14-19)21(26)24-18-10-8-17(22)9-11-18/h3-14H,2,15H2,1H3,(H,24,26). The Morgan fingerprint density at radius 2 is 1.81 bits per heavy atom. The van der Waals surface area contributed by atoms with Gasteiger partial charge in [0.15, 0.2) is 0 Å². The zero-order chi connectivity index (χ0) is 18.4. The van der Waals surface area contributed by atoms with Gasteiger partial charge in [0.05, 0.1) is 0 Å². The number of pyridine rings is 1. The summed E-state index contributed by atoms with van der Waals surface area (Å²) in [6.07, 6.45) is 1.63. The first-order valence-corrected chi connectivity index (χ1v) is 8.47. The summed E-state index contributed by atoms with van der Waals surface area (Å²) >= 11 is 0. The zero-order valence-corrected chi connectivity index (χ0v) is 14.5. The third-order valence-corrected chi connectivity index (χ3v) is 4.04. The zero-order valence-electron chi connectivity index (χ0n) is 14.5. The number of rotatable bonds is 6. The maximum atomic E-state index is 13.0. The minimum Gasteiger partial charge on any atom is -0.367 e. The van der Waals surface area contributed by atoms with Crippen molar-refractivity contribution in [2.24, 2.45) is 0 Å². The van der Waals surface area contributed by atoms with Gasteiger partial charge in [0.25, 0.3) is 5.91 Å². The smallest absolute Gasteiger partial charge is 0.274 e. The van der Waals surface area contributed by atoms with Gasteiger partial charge in [0.1, 0.15) is 11.5 Å². The molecule has 1 amide bonds. The van der Waals surface area contributed by atoms with Crippen LogP contribution in [0.25, 0.3) is 0 Å². The minimum atomic E-state index is -0.345. The maximum absolute atomic E-state index is 13.0. The van der Waals surface area contributed by atoms with Crippen molar-refractivity contribution in [2.75, 3.05) is 16.8 Å². The van der Waals surface area contributed by atoms with E-state index >= 15 is 0 Å². The second-order valence-corrected chi connectivity index (χ2v) is 5.86. The maximum Gasteiger partial charge on any atom is 0.274 e. The van der Waals surface area contributed by atoms with Crippen LogP contribution in [0.3, 0.4) is 0 Å². The summed E-state index contributed by atoms with van der Waals surface area (Å²) < 4.78 is 13.0. The molecule has 5 heteroatoms. The second-order valence-electron chi connectivity index (χ2n) is 5.86. The van der Waals surface area contributed by atoms with E-state index < -0.39 is 0 Å². The number of benzene rings is 2. The van der Waals surface area contributed by atoms with Crippen molar-refractivity contribution in [3.05, 3.63) is 90.0 Å². The van der Waals surface area contributed by atoms with Crippen LogP contribution < -0.4 is 10.2 Å². The largest absolute Gasteiger partial charge is 0.367 e. The highest BCUT2D eigenvalue weighted by molar-refractivity contribution is 6.03. The van der Waals surface area contributed by atoms with E-state index in [4.69, 9.17) is 0 Å². The van der Waals surface area contributed by atoms with Gasteiger partial charge in [0, 0.05) is 30.7 Å². The van der Waals surface area contributed by atoms with E-state index in [1.807, 2.05) is 24.3 Å². The number of hydrogen-bond acceptors (Lipinski definition) is 3. The van der Waals surface area contributed by atoms with Gasteiger partial charge in [-0.1, -0.05) is 30.3 Å². The molecule has 0 aliphatic rings. The molecule has 1 aromatic heterocycles. The monoisotopic (exact) mass is 349 g/mol. The van der Waals surface area contributed by atoms with Crippen LogP contribution in [0.1, 0.15) is 23.0 Å². The summed E-state index contributed by atoms with van der Waals surface area (Å²) in [5.74, 6) is -0.670. The third kappa shape index (κ3) is 4.45. The molecule has 0 fully saturated rings. The van der Waals surface area contributed by atoms with Gasteiger partial charge in [-0.15, -0.1) is 0 Å². The molecule has 2 aromatic carbocycles. The lowest BCUT2D eigenvalue weighted by Gasteiger charge is -2.23. The molecular formula is C21H20FN3O. The van der Waals surface area contributed by atoms with E-state index in [-0.39, 0.29) is 11.7 Å². The Balaban J connectivity index is 1.75. The molecule has 0 saturated carbocycles. The highest BCUT2D eigenvalue weighted by Crippen LogP contribution is 2.18. The van der Waals surface area contributed by atoms with Crippen LogP contribution in [0, 0.1) is 5.82 Å². The number of amides is 1. The Kier molecular flexibility index (Phi) is 5.59. The van der Waals surface area contributed by atoms with Gasteiger partial charge in [-0.25, -0.2) is 4.39 Å². The molecule has 0 aliphatic carbocycles. The Labute approximate surface area is 152 Å². The van der Waals surface area contributed by atoms with Gasteiger partial charge in [-0.05, 0) is 48.9 Å². The van der Waals surface area contributed by atoms with Crippen LogP contribution in [-0.2, 0) is 6.54 Å². The number of carbonyl (C=O) groups excluding carboxylic acids is 1. The van der Waals surface area contributed by atoms with Gasteiger partial charge in [0.2, 0.25) is 0 Å². The van der Waals surface area contributed by atoms with E-state index in [0.29, 0.717) is 11.4 Å². The lowest BCUT2D eigenvalue weighted by molar-refractivity contribution is 0.102. The van der Waals surface area contributed by atoms with E-state index in [1.165, 1.54) is 29.8 Å². The van der Waals surface area contributed by atoms with Crippen molar-refractivity contribution < 1.29 is 9.18 Å². The minimum absolute atomic E-state index is 0.318. The van der Waals surface area contributed by atoms with Crippen LogP contribution in [0.4, 0.5) is 15.8 Å².